The average Bonchev–Trinajstić information content (AvgIpc) is 2.90. The zero-order chi connectivity index (χ0) is 24.4. The molecule has 0 saturated carbocycles. The van der Waals surface area contributed by atoms with E-state index < -0.39 is 8.80 Å². The van der Waals surface area contributed by atoms with Crippen LogP contribution in [0.2, 0.25) is 0 Å². The van der Waals surface area contributed by atoms with E-state index in [1.807, 2.05) is 20.8 Å². The number of allylic oxidation sites excluding steroid dienone is 2. The van der Waals surface area contributed by atoms with E-state index in [9.17, 15) is 0 Å². The monoisotopic (exact) mass is 490 g/mol. The molecule has 0 spiro atoms. The third-order valence-electron chi connectivity index (χ3n) is 7.88. The van der Waals surface area contributed by atoms with Gasteiger partial charge in [-0.05, 0) is 99.0 Å². The average molecular weight is 491 g/mol. The maximum Gasteiger partial charge on any atom is 0.533 e. The molecule has 0 aliphatic heterocycles. The van der Waals surface area contributed by atoms with E-state index in [0.29, 0.717) is 19.8 Å². The number of hydrogen-bond donors (Lipinski definition) is 0. The fourth-order valence-corrected chi connectivity index (χ4v) is 9.28. The first-order valence-electron chi connectivity index (χ1n) is 13.2. The summed E-state index contributed by atoms with van der Waals surface area (Å²) < 4.78 is 18.9. The van der Waals surface area contributed by atoms with E-state index in [4.69, 9.17) is 13.3 Å². The molecule has 0 saturated heterocycles. The minimum Gasteiger partial charge on any atom is -0.370 e. The lowest BCUT2D eigenvalue weighted by molar-refractivity contribution is 0.0804. The Morgan fingerprint density at radius 1 is 0.611 bits per heavy atom. The Kier molecular flexibility index (Phi) is 5.09. The normalized spacial score (nSPS) is 15.0. The van der Waals surface area contributed by atoms with Crippen LogP contribution in [-0.4, -0.2) is 28.6 Å². The Morgan fingerprint density at radius 2 is 1.14 bits per heavy atom. The van der Waals surface area contributed by atoms with Gasteiger partial charge >= 0.3 is 8.80 Å². The molecule has 5 aromatic carbocycles. The van der Waals surface area contributed by atoms with Gasteiger partial charge in [0.1, 0.15) is 0 Å². The molecule has 0 amide bonds. The van der Waals surface area contributed by atoms with Crippen molar-refractivity contribution in [3.63, 3.8) is 0 Å². The van der Waals surface area contributed by atoms with Crippen LogP contribution in [0.5, 0.6) is 0 Å². The van der Waals surface area contributed by atoms with E-state index in [1.54, 1.807) is 0 Å². The summed E-state index contributed by atoms with van der Waals surface area (Å²) in [5, 5.41) is 12.1. The molecule has 3 nitrogen and oxygen atoms in total. The molecule has 0 heterocycles. The number of rotatable bonds is 7. The maximum atomic E-state index is 6.28. The Balaban J connectivity index is 1.54. The van der Waals surface area contributed by atoms with Crippen molar-refractivity contribution in [1.29, 1.82) is 0 Å². The fourth-order valence-electron chi connectivity index (χ4n) is 6.59. The number of hydrogen-bond acceptors (Lipinski definition) is 3. The summed E-state index contributed by atoms with van der Waals surface area (Å²) in [6.45, 7) is 7.78. The summed E-state index contributed by atoms with van der Waals surface area (Å²) in [5.41, 5.74) is 5.33. The lowest BCUT2D eigenvalue weighted by atomic mass is 9.82. The minimum absolute atomic E-state index is 0.573. The Morgan fingerprint density at radius 3 is 1.75 bits per heavy atom. The molecule has 0 radical (unpaired) electrons. The van der Waals surface area contributed by atoms with Crippen LogP contribution in [-0.2, 0) is 26.1 Å². The van der Waals surface area contributed by atoms with Crippen molar-refractivity contribution < 1.29 is 13.3 Å². The van der Waals surface area contributed by atoms with E-state index in [0.717, 1.165) is 18.0 Å². The third-order valence-corrected chi connectivity index (χ3v) is 11.0. The van der Waals surface area contributed by atoms with Crippen LogP contribution in [0.1, 0.15) is 43.0 Å². The zero-order valence-corrected chi connectivity index (χ0v) is 22.1. The quantitative estimate of drug-likeness (QED) is 0.132. The van der Waals surface area contributed by atoms with Crippen molar-refractivity contribution in [2.24, 2.45) is 0 Å². The second-order valence-corrected chi connectivity index (χ2v) is 12.4. The van der Waals surface area contributed by atoms with Gasteiger partial charge in [-0.2, -0.15) is 0 Å². The third kappa shape index (κ3) is 2.96. The van der Waals surface area contributed by atoms with Crippen molar-refractivity contribution >= 4 is 64.0 Å². The largest absolute Gasteiger partial charge is 0.533 e. The first-order chi connectivity index (χ1) is 17.7. The second-order valence-electron chi connectivity index (χ2n) is 9.76. The van der Waals surface area contributed by atoms with Crippen molar-refractivity contribution in [2.75, 3.05) is 19.8 Å². The molecule has 36 heavy (non-hydrogen) atoms. The van der Waals surface area contributed by atoms with Crippen LogP contribution >= 0.6 is 0 Å². The van der Waals surface area contributed by atoms with Gasteiger partial charge in [0, 0.05) is 25.0 Å². The van der Waals surface area contributed by atoms with Gasteiger partial charge in [-0.3, -0.25) is 0 Å². The van der Waals surface area contributed by atoms with Crippen molar-refractivity contribution in [2.45, 2.75) is 33.6 Å². The predicted molar refractivity (Wildman–Crippen MR) is 153 cm³/mol. The highest BCUT2D eigenvalue weighted by molar-refractivity contribution is 6.70. The molecule has 0 fully saturated rings. The van der Waals surface area contributed by atoms with Gasteiger partial charge in [0.15, 0.2) is 0 Å². The van der Waals surface area contributed by atoms with Gasteiger partial charge in [0.25, 0.3) is 0 Å². The summed E-state index contributed by atoms with van der Waals surface area (Å²) in [5.74, 6) is 0. The van der Waals surface area contributed by atoms with Gasteiger partial charge in [0.2, 0.25) is 0 Å². The topological polar surface area (TPSA) is 27.7 Å². The summed E-state index contributed by atoms with van der Waals surface area (Å²) in [6, 6.07) is 18.6. The predicted octanol–water partition coefficient (Wildman–Crippen LogP) is 7.83. The molecule has 4 heteroatoms. The van der Waals surface area contributed by atoms with E-state index >= 15 is 0 Å². The van der Waals surface area contributed by atoms with E-state index in [2.05, 4.69) is 66.8 Å². The summed E-state index contributed by atoms with van der Waals surface area (Å²) in [6.07, 6.45) is 8.66. The first-order valence-corrected chi connectivity index (χ1v) is 14.9. The van der Waals surface area contributed by atoms with Crippen LogP contribution in [0.4, 0.5) is 0 Å². The molecule has 0 atom stereocenters. The Bertz CT molecular complexity index is 1690. The van der Waals surface area contributed by atoms with Crippen molar-refractivity contribution in [3.8, 4) is 0 Å². The highest BCUT2D eigenvalue weighted by Crippen LogP contribution is 2.46. The molecule has 2 aliphatic rings. The second kappa shape index (κ2) is 8.25. The summed E-state index contributed by atoms with van der Waals surface area (Å²) in [4.78, 5) is 0. The highest BCUT2D eigenvalue weighted by atomic mass is 28.4. The Hall–Kier alpha value is -3.02. The van der Waals surface area contributed by atoms with Crippen molar-refractivity contribution in [3.05, 3.63) is 82.1 Å². The lowest BCUT2D eigenvalue weighted by Crippen LogP contribution is -2.49. The van der Waals surface area contributed by atoms with Gasteiger partial charge in [-0.1, -0.05) is 66.8 Å². The smallest absolute Gasteiger partial charge is 0.370 e. The summed E-state index contributed by atoms with van der Waals surface area (Å²) in [7, 11) is -2.95. The van der Waals surface area contributed by atoms with Gasteiger partial charge in [-0.25, -0.2) is 0 Å². The Labute approximate surface area is 212 Å². The molecule has 0 unspecified atom stereocenters. The van der Waals surface area contributed by atoms with Gasteiger partial charge in [0.05, 0.1) is 0 Å². The van der Waals surface area contributed by atoms with Gasteiger partial charge in [-0.15, -0.1) is 0 Å². The zero-order valence-electron chi connectivity index (χ0n) is 21.1. The van der Waals surface area contributed by atoms with E-state index in [1.165, 1.54) is 65.3 Å². The van der Waals surface area contributed by atoms with Crippen LogP contribution in [0.25, 0.3) is 55.2 Å². The first kappa shape index (κ1) is 22.2. The lowest BCUT2D eigenvalue weighted by Gasteiger charge is -2.33. The van der Waals surface area contributed by atoms with Crippen LogP contribution < -0.4 is 0 Å². The SMILES string of the molecule is CCO[Si](OCC)(OCC)C1=Cc2ccc3c4ccc5c6c(ccc(c7ccc(c2c37)C1)c64)C=CC5. The van der Waals surface area contributed by atoms with Crippen LogP contribution in [0.15, 0.2) is 59.8 Å². The van der Waals surface area contributed by atoms with E-state index in [-0.39, 0.29) is 0 Å². The highest BCUT2D eigenvalue weighted by Gasteiger charge is 2.46. The fraction of sp³-hybridized carbons (Fsp3) is 0.250. The maximum absolute atomic E-state index is 6.28. The molecule has 0 bridgehead atoms. The molecular formula is C32H30O3Si. The molecule has 5 aromatic rings. The number of fused-ring (bicyclic) bond motifs is 2. The molecule has 2 aliphatic carbocycles. The van der Waals surface area contributed by atoms with Crippen LogP contribution in [0.3, 0.4) is 0 Å². The molecule has 7 rings (SSSR count). The van der Waals surface area contributed by atoms with Crippen molar-refractivity contribution in [1.82, 2.24) is 0 Å². The minimum atomic E-state index is -2.95. The molecule has 0 N–H and O–H groups in total. The molecular weight excluding hydrogens is 460 g/mol. The standard InChI is InChI=1S/C32H30O3Si/c1-4-33-36(34-5-2,35-6-3)24-18-22-12-16-27-25-14-10-20-8-7-9-21-11-15-26(31(25)29(20)21)28-17-13-23(19-24)30(22)32(27)28/h7-8,10-17,19H,4-6,9,18H2,1-3H3. The van der Waals surface area contributed by atoms with Crippen LogP contribution in [0, 0.1) is 0 Å². The van der Waals surface area contributed by atoms with Gasteiger partial charge < -0.3 is 13.3 Å². The molecule has 0 aromatic heterocycles. The number of benzene rings is 5. The molecule has 180 valence electrons. The summed E-state index contributed by atoms with van der Waals surface area (Å²) >= 11 is 0.